The van der Waals surface area contributed by atoms with Crippen molar-refractivity contribution in [2.45, 2.75) is 42.4 Å². The zero-order valence-corrected chi connectivity index (χ0v) is 13.6. The number of thiophene rings is 1. The molecule has 1 saturated carbocycles. The second-order valence-corrected chi connectivity index (χ2v) is 8.56. The van der Waals surface area contributed by atoms with Gasteiger partial charge in [0.2, 0.25) is 0 Å². The lowest BCUT2D eigenvalue weighted by atomic mass is 9.73. The van der Waals surface area contributed by atoms with E-state index in [9.17, 15) is 8.42 Å². The van der Waals surface area contributed by atoms with Crippen LogP contribution < -0.4 is 4.72 Å². The van der Waals surface area contributed by atoms with Gasteiger partial charge in [0.1, 0.15) is 4.21 Å². The zero-order chi connectivity index (χ0) is 14.9. The largest absolute Gasteiger partial charge is 0.250 e. The third-order valence-corrected chi connectivity index (χ3v) is 7.37. The molecule has 0 saturated heterocycles. The van der Waals surface area contributed by atoms with Gasteiger partial charge >= 0.3 is 0 Å². The summed E-state index contributed by atoms with van der Waals surface area (Å²) in [6.07, 6.45) is 3.65. The Morgan fingerprint density at radius 2 is 1.86 bits per heavy atom. The van der Waals surface area contributed by atoms with Crippen LogP contribution in [0, 0.1) is 0 Å². The molecule has 0 aliphatic heterocycles. The highest BCUT2D eigenvalue weighted by atomic mass is 32.2. The maximum absolute atomic E-state index is 12.6. The fourth-order valence-corrected chi connectivity index (χ4v) is 5.48. The lowest BCUT2D eigenvalue weighted by Gasteiger charge is -2.42. The van der Waals surface area contributed by atoms with E-state index in [0.29, 0.717) is 4.21 Å². The molecule has 0 spiro atoms. The molecule has 1 aromatic carbocycles. The second kappa shape index (κ2) is 5.55. The highest BCUT2D eigenvalue weighted by Crippen LogP contribution is 2.42. The minimum atomic E-state index is -3.45. The van der Waals surface area contributed by atoms with E-state index in [1.54, 1.807) is 6.07 Å². The number of sulfonamides is 1. The molecule has 1 heterocycles. The van der Waals surface area contributed by atoms with Crippen LogP contribution in [-0.4, -0.2) is 8.42 Å². The summed E-state index contributed by atoms with van der Waals surface area (Å²) in [5.41, 5.74) is 0.642. The first kappa shape index (κ1) is 14.8. The monoisotopic (exact) mass is 321 g/mol. The average molecular weight is 321 g/mol. The van der Waals surface area contributed by atoms with Gasteiger partial charge in [0.05, 0.1) is 5.54 Å². The minimum Gasteiger partial charge on any atom is -0.206 e. The van der Waals surface area contributed by atoms with Crippen LogP contribution in [0.3, 0.4) is 0 Å². The van der Waals surface area contributed by atoms with Crippen LogP contribution >= 0.6 is 11.3 Å². The van der Waals surface area contributed by atoms with Crippen molar-refractivity contribution in [3.63, 3.8) is 0 Å². The summed E-state index contributed by atoms with van der Waals surface area (Å²) in [4.78, 5) is 1.10. The van der Waals surface area contributed by atoms with Gasteiger partial charge < -0.3 is 0 Å². The second-order valence-electron chi connectivity index (χ2n) is 5.48. The lowest BCUT2D eigenvalue weighted by molar-refractivity contribution is 0.224. The van der Waals surface area contributed by atoms with Crippen molar-refractivity contribution in [3.05, 3.63) is 52.9 Å². The maximum atomic E-state index is 12.6. The normalized spacial score (nSPS) is 17.4. The summed E-state index contributed by atoms with van der Waals surface area (Å²) in [5.74, 6) is 0. The maximum Gasteiger partial charge on any atom is 0.250 e. The van der Waals surface area contributed by atoms with E-state index < -0.39 is 15.6 Å². The quantitative estimate of drug-likeness (QED) is 0.913. The Morgan fingerprint density at radius 3 is 2.38 bits per heavy atom. The Labute approximate surface area is 130 Å². The smallest absolute Gasteiger partial charge is 0.206 e. The van der Waals surface area contributed by atoms with Gasteiger partial charge in [-0.1, -0.05) is 37.3 Å². The molecule has 0 bridgehead atoms. The Balaban J connectivity index is 1.90. The van der Waals surface area contributed by atoms with Crippen molar-refractivity contribution in [1.82, 2.24) is 4.72 Å². The number of benzene rings is 1. The first-order valence-corrected chi connectivity index (χ1v) is 9.54. The molecular weight excluding hydrogens is 302 g/mol. The molecule has 3 rings (SSSR count). The minimum absolute atomic E-state index is 0.418. The molecule has 112 valence electrons. The van der Waals surface area contributed by atoms with Crippen LogP contribution in [0.25, 0.3) is 0 Å². The summed E-state index contributed by atoms with van der Waals surface area (Å²) in [6, 6.07) is 13.5. The number of hydrogen-bond acceptors (Lipinski definition) is 3. The average Bonchev–Trinajstić information content (AvgIpc) is 2.94. The molecule has 1 aliphatic carbocycles. The lowest BCUT2D eigenvalue weighted by Crippen LogP contribution is -2.50. The van der Waals surface area contributed by atoms with E-state index in [0.717, 1.165) is 36.1 Å². The van der Waals surface area contributed by atoms with Crippen LogP contribution in [-0.2, 0) is 22.0 Å². The molecule has 0 atom stereocenters. The van der Waals surface area contributed by atoms with E-state index in [4.69, 9.17) is 0 Å². The molecular formula is C16H19NO2S2. The third-order valence-electron chi connectivity index (χ3n) is 4.11. The summed E-state index contributed by atoms with van der Waals surface area (Å²) in [7, 11) is -3.45. The Hall–Kier alpha value is -1.17. The number of aryl methyl sites for hydroxylation is 1. The van der Waals surface area contributed by atoms with Crippen molar-refractivity contribution in [1.29, 1.82) is 0 Å². The van der Waals surface area contributed by atoms with Gasteiger partial charge in [-0.25, -0.2) is 8.42 Å². The predicted octanol–water partition coefficient (Wildman–Crippen LogP) is 3.67. The van der Waals surface area contributed by atoms with Gasteiger partial charge in [-0.15, -0.1) is 11.3 Å². The van der Waals surface area contributed by atoms with Gasteiger partial charge in [0.15, 0.2) is 0 Å². The molecule has 21 heavy (non-hydrogen) atoms. The molecule has 3 nitrogen and oxygen atoms in total. The molecule has 1 fully saturated rings. The van der Waals surface area contributed by atoms with Crippen LogP contribution in [0.4, 0.5) is 0 Å². The van der Waals surface area contributed by atoms with Gasteiger partial charge in [-0.3, -0.25) is 0 Å². The first-order chi connectivity index (χ1) is 10.1. The summed E-state index contributed by atoms with van der Waals surface area (Å²) < 4.78 is 28.7. The predicted molar refractivity (Wildman–Crippen MR) is 86.0 cm³/mol. The number of nitrogens with one attached hydrogen (secondary N) is 1. The number of hydrogen-bond donors (Lipinski definition) is 1. The van der Waals surface area contributed by atoms with Gasteiger partial charge in [-0.2, -0.15) is 4.72 Å². The SMILES string of the molecule is CCc1ccc(S(=O)(=O)NC2(c3ccccc3)CCC2)s1. The van der Waals surface area contributed by atoms with E-state index in [1.807, 2.05) is 43.3 Å². The molecule has 1 aromatic heterocycles. The third kappa shape index (κ3) is 2.78. The van der Waals surface area contributed by atoms with Crippen LogP contribution in [0.1, 0.15) is 36.6 Å². The van der Waals surface area contributed by atoms with Gasteiger partial charge in [0, 0.05) is 4.88 Å². The van der Waals surface area contributed by atoms with Crippen LogP contribution in [0.15, 0.2) is 46.7 Å². The molecule has 5 heteroatoms. The summed E-state index contributed by atoms with van der Waals surface area (Å²) in [6.45, 7) is 2.03. The standard InChI is InChI=1S/C16H19NO2S2/c1-2-14-9-10-15(20-14)21(18,19)17-16(11-6-12-16)13-7-4-3-5-8-13/h3-5,7-10,17H,2,6,11-12H2,1H3. The number of rotatable bonds is 5. The van der Waals surface area contributed by atoms with Crippen molar-refractivity contribution >= 4 is 21.4 Å². The molecule has 0 unspecified atom stereocenters. The van der Waals surface area contributed by atoms with E-state index in [1.165, 1.54) is 11.3 Å². The Morgan fingerprint density at radius 1 is 1.14 bits per heavy atom. The van der Waals surface area contributed by atoms with Crippen molar-refractivity contribution in [2.75, 3.05) is 0 Å². The highest BCUT2D eigenvalue weighted by molar-refractivity contribution is 7.91. The van der Waals surface area contributed by atoms with E-state index >= 15 is 0 Å². The molecule has 1 N–H and O–H groups in total. The fraction of sp³-hybridized carbons (Fsp3) is 0.375. The van der Waals surface area contributed by atoms with Crippen molar-refractivity contribution in [3.8, 4) is 0 Å². The summed E-state index contributed by atoms with van der Waals surface area (Å²) >= 11 is 1.36. The molecule has 2 aromatic rings. The zero-order valence-electron chi connectivity index (χ0n) is 12.0. The Bertz CT molecular complexity index is 716. The Kier molecular flexibility index (Phi) is 3.90. The fourth-order valence-electron chi connectivity index (χ4n) is 2.74. The van der Waals surface area contributed by atoms with Crippen LogP contribution in [0.2, 0.25) is 0 Å². The van der Waals surface area contributed by atoms with E-state index in [2.05, 4.69) is 4.72 Å². The van der Waals surface area contributed by atoms with Crippen LogP contribution in [0.5, 0.6) is 0 Å². The molecule has 0 radical (unpaired) electrons. The summed E-state index contributed by atoms with van der Waals surface area (Å²) in [5, 5.41) is 0. The highest BCUT2D eigenvalue weighted by Gasteiger charge is 2.42. The van der Waals surface area contributed by atoms with Gasteiger partial charge in [-0.05, 0) is 43.4 Å². The molecule has 0 amide bonds. The van der Waals surface area contributed by atoms with Gasteiger partial charge in [0.25, 0.3) is 10.0 Å². The topological polar surface area (TPSA) is 46.2 Å². The first-order valence-electron chi connectivity index (χ1n) is 7.24. The van der Waals surface area contributed by atoms with Crippen molar-refractivity contribution < 1.29 is 8.42 Å². The van der Waals surface area contributed by atoms with E-state index in [-0.39, 0.29) is 0 Å². The molecule has 1 aliphatic rings. The van der Waals surface area contributed by atoms with Crippen molar-refractivity contribution in [2.24, 2.45) is 0 Å².